The first-order valence-electron chi connectivity index (χ1n) is 6.07. The van der Waals surface area contributed by atoms with Crippen molar-refractivity contribution < 1.29 is 9.90 Å². The highest BCUT2D eigenvalue weighted by Gasteiger charge is 2.16. The zero-order valence-corrected chi connectivity index (χ0v) is 14.9. The van der Waals surface area contributed by atoms with Crippen LogP contribution in [0.4, 0.5) is 0 Å². The molecular weight excluding hydrogens is 421 g/mol. The van der Waals surface area contributed by atoms with Crippen LogP contribution >= 0.6 is 40.0 Å². The van der Waals surface area contributed by atoms with E-state index in [1.54, 1.807) is 24.4 Å². The molecule has 2 atom stereocenters. The molecule has 21 heavy (non-hydrogen) atoms. The summed E-state index contributed by atoms with van der Waals surface area (Å²) < 4.78 is 1.82. The largest absolute Gasteiger partial charge is 0.388 e. The molecule has 0 bridgehead atoms. The van der Waals surface area contributed by atoms with Crippen molar-refractivity contribution >= 4 is 46.3 Å². The number of hydrogen-bond acceptors (Lipinski definition) is 3. The van der Waals surface area contributed by atoms with Gasteiger partial charge in [0.2, 0.25) is 0 Å². The van der Waals surface area contributed by atoms with Crippen molar-refractivity contribution in [2.75, 3.05) is 0 Å². The number of halogens is 2. The van der Waals surface area contributed by atoms with Crippen LogP contribution in [-0.4, -0.2) is 20.9 Å². The average Bonchev–Trinajstić information content (AvgIpc) is 2.95. The van der Waals surface area contributed by atoms with E-state index in [1.807, 2.05) is 10.6 Å². The van der Waals surface area contributed by atoms with Gasteiger partial charge in [-0.2, -0.15) is 5.10 Å². The van der Waals surface area contributed by atoms with E-state index in [1.165, 1.54) is 0 Å². The van der Waals surface area contributed by atoms with Gasteiger partial charge >= 0.3 is 0 Å². The van der Waals surface area contributed by atoms with E-state index in [4.69, 9.17) is 11.6 Å². The van der Waals surface area contributed by atoms with Crippen LogP contribution in [0.25, 0.3) is 11.1 Å². The van der Waals surface area contributed by atoms with Gasteiger partial charge in [0.1, 0.15) is 6.29 Å². The molecule has 110 valence electrons. The summed E-state index contributed by atoms with van der Waals surface area (Å²) in [6.07, 6.45) is 4.19. The second kappa shape index (κ2) is 7.49. The van der Waals surface area contributed by atoms with Crippen LogP contribution in [0.1, 0.15) is 18.1 Å². The molecule has 2 aromatic rings. The number of aliphatic hydroxyl groups excluding tert-OH is 1. The van der Waals surface area contributed by atoms with E-state index < -0.39 is 6.10 Å². The number of aromatic nitrogens is 2. The van der Waals surface area contributed by atoms with Crippen molar-refractivity contribution in [3.63, 3.8) is 0 Å². The first-order chi connectivity index (χ1) is 10.0. The molecule has 0 aliphatic carbocycles. The van der Waals surface area contributed by atoms with Crippen LogP contribution in [0.5, 0.6) is 0 Å². The summed E-state index contributed by atoms with van der Waals surface area (Å²) in [7, 11) is 0. The fraction of sp³-hybridized carbons (Fsp3) is 0.143. The molecule has 0 fully saturated rings. The summed E-state index contributed by atoms with van der Waals surface area (Å²) >= 11 is 8.30. The van der Waals surface area contributed by atoms with Crippen LogP contribution < -0.4 is 0 Å². The Hall–Kier alpha value is -0.750. The van der Waals surface area contributed by atoms with Crippen molar-refractivity contribution in [2.24, 2.45) is 0 Å². The van der Waals surface area contributed by atoms with Gasteiger partial charge in [0.15, 0.2) is 0 Å². The molecule has 0 aliphatic rings. The number of carbonyl (C=O) groups is 1. The molecule has 1 heterocycles. The Morgan fingerprint density at radius 3 is 3.00 bits per heavy atom. The highest BCUT2D eigenvalue weighted by Crippen LogP contribution is 2.34. The maximum Gasteiger partial charge on any atom is 0.145 e. The number of aldehydes is 1. The van der Waals surface area contributed by atoms with Gasteiger partial charge in [0.05, 0.1) is 18.7 Å². The minimum atomic E-state index is -0.805. The SMILES string of the molecule is C=C(C=O)CC(O)c1ccc(Cl)cc1-c1cnn(PI)c1. The Bertz CT molecular complexity index is 675. The molecule has 2 rings (SSSR count). The smallest absolute Gasteiger partial charge is 0.145 e. The van der Waals surface area contributed by atoms with Crippen LogP contribution in [0.15, 0.2) is 42.7 Å². The molecule has 0 spiro atoms. The van der Waals surface area contributed by atoms with Crippen LogP contribution in [0.3, 0.4) is 0 Å². The quantitative estimate of drug-likeness (QED) is 0.321. The number of rotatable bonds is 6. The van der Waals surface area contributed by atoms with Crippen molar-refractivity contribution in [2.45, 2.75) is 12.5 Å². The highest BCUT2D eigenvalue weighted by molar-refractivity contribution is 14.2. The lowest BCUT2D eigenvalue weighted by molar-refractivity contribution is -0.105. The van der Waals surface area contributed by atoms with Crippen LogP contribution in [0, 0.1) is 0 Å². The lowest BCUT2D eigenvalue weighted by atomic mass is 9.95. The molecule has 7 heteroatoms. The molecule has 0 radical (unpaired) electrons. The zero-order chi connectivity index (χ0) is 15.4. The van der Waals surface area contributed by atoms with Crippen LogP contribution in [0.2, 0.25) is 5.02 Å². The lowest BCUT2D eigenvalue weighted by Gasteiger charge is -2.15. The first-order valence-corrected chi connectivity index (χ1v) is 10.5. The highest BCUT2D eigenvalue weighted by atomic mass is 127. The minimum Gasteiger partial charge on any atom is -0.388 e. The molecule has 1 aromatic heterocycles. The van der Waals surface area contributed by atoms with Gasteiger partial charge in [-0.1, -0.05) is 24.2 Å². The molecule has 0 aliphatic heterocycles. The third-order valence-electron chi connectivity index (χ3n) is 2.98. The summed E-state index contributed by atoms with van der Waals surface area (Å²) in [6, 6.07) is 5.28. The molecular formula is C14H13ClIN2O2P. The van der Waals surface area contributed by atoms with E-state index in [9.17, 15) is 9.90 Å². The van der Waals surface area contributed by atoms with E-state index in [0.717, 1.165) is 11.1 Å². The molecule has 0 saturated heterocycles. The Labute approximate surface area is 142 Å². The maximum absolute atomic E-state index is 10.7. The minimum absolute atomic E-state index is 0.195. The fourth-order valence-electron chi connectivity index (χ4n) is 1.98. The zero-order valence-electron chi connectivity index (χ0n) is 11.0. The third-order valence-corrected chi connectivity index (χ3v) is 5.11. The van der Waals surface area contributed by atoms with E-state index >= 15 is 0 Å². The van der Waals surface area contributed by atoms with Gasteiger partial charge in [0, 0.05) is 23.2 Å². The maximum atomic E-state index is 10.7. The van der Waals surface area contributed by atoms with E-state index in [0.29, 0.717) is 28.8 Å². The molecule has 0 amide bonds. The van der Waals surface area contributed by atoms with Crippen molar-refractivity contribution in [3.05, 3.63) is 53.3 Å². The van der Waals surface area contributed by atoms with E-state index in [-0.39, 0.29) is 6.42 Å². The molecule has 0 saturated carbocycles. The summed E-state index contributed by atoms with van der Waals surface area (Å²) in [5, 5.41) is 15.2. The number of nitrogens with zero attached hydrogens (tertiary/aromatic N) is 2. The van der Waals surface area contributed by atoms with Crippen molar-refractivity contribution in [3.8, 4) is 11.1 Å². The lowest BCUT2D eigenvalue weighted by Crippen LogP contribution is -2.01. The van der Waals surface area contributed by atoms with E-state index in [2.05, 4.69) is 33.7 Å². The molecule has 2 unspecified atom stereocenters. The second-order valence-corrected chi connectivity index (χ2v) is 7.00. The fourth-order valence-corrected chi connectivity index (χ4v) is 3.24. The van der Waals surface area contributed by atoms with Gasteiger partial charge in [-0.05, 0) is 50.9 Å². The third kappa shape index (κ3) is 4.13. The predicted molar refractivity (Wildman–Crippen MR) is 95.2 cm³/mol. The average molecular weight is 435 g/mol. The standard InChI is InChI=1S/C14H13ClIN2O2P/c1-9(8-19)4-14(20)12-3-2-11(15)5-13(12)10-6-17-18(7-10)21-16/h2-3,5-8,14,20-21H,1,4H2. The van der Waals surface area contributed by atoms with Gasteiger partial charge in [-0.3, -0.25) is 4.79 Å². The van der Waals surface area contributed by atoms with Gasteiger partial charge in [-0.15, -0.1) is 0 Å². The Morgan fingerprint density at radius 1 is 1.62 bits per heavy atom. The Kier molecular flexibility index (Phi) is 5.93. The first kappa shape index (κ1) is 16.6. The monoisotopic (exact) mass is 434 g/mol. The molecule has 1 N–H and O–H groups in total. The number of benzene rings is 1. The number of aliphatic hydroxyl groups is 1. The number of hydrogen-bond donors (Lipinski definition) is 1. The van der Waals surface area contributed by atoms with Gasteiger partial charge < -0.3 is 5.11 Å². The van der Waals surface area contributed by atoms with Gasteiger partial charge in [0.25, 0.3) is 0 Å². The summed E-state index contributed by atoms with van der Waals surface area (Å²) in [5.74, 6) is 0. The molecule has 1 aromatic carbocycles. The predicted octanol–water partition coefficient (Wildman–Crippen LogP) is 4.17. The van der Waals surface area contributed by atoms with Gasteiger partial charge in [-0.25, -0.2) is 4.45 Å². The second-order valence-electron chi connectivity index (χ2n) is 4.49. The van der Waals surface area contributed by atoms with Crippen molar-refractivity contribution in [1.82, 2.24) is 9.55 Å². The Balaban J connectivity index is 2.41. The van der Waals surface area contributed by atoms with Crippen LogP contribution in [-0.2, 0) is 4.79 Å². The summed E-state index contributed by atoms with van der Waals surface area (Å²) in [4.78, 5) is 10.7. The number of carbonyl (C=O) groups excluding carboxylic acids is 1. The van der Waals surface area contributed by atoms with Crippen molar-refractivity contribution in [1.29, 1.82) is 0 Å². The summed E-state index contributed by atoms with van der Waals surface area (Å²) in [6.45, 7) is 3.61. The normalized spacial score (nSPS) is 12.7. The topological polar surface area (TPSA) is 55.1 Å². The molecule has 4 nitrogen and oxygen atoms in total. The summed E-state index contributed by atoms with van der Waals surface area (Å²) in [5.41, 5.74) is 2.76. The Morgan fingerprint density at radius 2 is 2.38 bits per heavy atom.